The Labute approximate surface area is 217 Å². The van der Waals surface area contributed by atoms with Crippen LogP contribution in [0.3, 0.4) is 0 Å². The highest BCUT2D eigenvalue weighted by atomic mass is 28.3. The Hall–Kier alpha value is -3.83. The summed E-state index contributed by atoms with van der Waals surface area (Å²) in [5, 5.41) is 26.0. The van der Waals surface area contributed by atoms with Gasteiger partial charge in [-0.15, -0.1) is 6.58 Å². The van der Waals surface area contributed by atoms with Crippen molar-refractivity contribution in [1.29, 1.82) is 0 Å². The predicted octanol–water partition coefficient (Wildman–Crippen LogP) is 5.96. The van der Waals surface area contributed by atoms with Gasteiger partial charge in [0.1, 0.15) is 18.6 Å². The Balaban J connectivity index is 1.96. The van der Waals surface area contributed by atoms with Crippen molar-refractivity contribution in [2.75, 3.05) is 6.61 Å². The van der Waals surface area contributed by atoms with Crippen molar-refractivity contribution in [1.82, 2.24) is 19.7 Å². The first-order valence-electron chi connectivity index (χ1n) is 12.0. The third-order valence-corrected chi connectivity index (χ3v) is 7.53. The molecule has 10 nitrogen and oxygen atoms in total. The van der Waals surface area contributed by atoms with Crippen LogP contribution in [0.2, 0.25) is 25.7 Å². The Morgan fingerprint density at radius 2 is 2.03 bits per heavy atom. The maximum Gasteiger partial charge on any atom is 0.408 e. The van der Waals surface area contributed by atoms with Crippen LogP contribution in [-0.4, -0.2) is 50.5 Å². The van der Waals surface area contributed by atoms with Gasteiger partial charge in [0.05, 0.1) is 16.7 Å². The van der Waals surface area contributed by atoms with E-state index in [2.05, 4.69) is 36.3 Å². The van der Waals surface area contributed by atoms with E-state index in [1.807, 2.05) is 30.3 Å². The maximum absolute atomic E-state index is 12.3. The van der Waals surface area contributed by atoms with Gasteiger partial charge in [-0.1, -0.05) is 56.0 Å². The Kier molecular flexibility index (Phi) is 9.31. The van der Waals surface area contributed by atoms with E-state index in [4.69, 9.17) is 4.74 Å². The molecule has 2 heterocycles. The predicted molar refractivity (Wildman–Crippen MR) is 144 cm³/mol. The standard InChI is InChI=1S/C26H33N5O5Si/c1-5-9-23(29(26(32)33)18-20-10-7-6-8-11-20)22-16-21(12-13-27-22)25-24(31(34)35)17-28-30(25)19-36-14-15-37(2,3)4/h5-8,10-13,16-17,23H,1,9,14-15,18-19H2,2-4H3,(H,32,33). The molecule has 3 aromatic rings. The zero-order valence-electron chi connectivity index (χ0n) is 21.4. The monoisotopic (exact) mass is 523 g/mol. The second-order valence-electron chi connectivity index (χ2n) is 9.89. The number of benzene rings is 1. The van der Waals surface area contributed by atoms with Crippen LogP contribution in [-0.2, 0) is 18.0 Å². The van der Waals surface area contributed by atoms with Crippen LogP contribution in [0, 0.1) is 10.1 Å². The van der Waals surface area contributed by atoms with Gasteiger partial charge in [0.2, 0.25) is 0 Å². The number of amides is 1. The van der Waals surface area contributed by atoms with Crippen LogP contribution in [0.15, 0.2) is 67.5 Å². The van der Waals surface area contributed by atoms with Gasteiger partial charge in [-0.2, -0.15) is 5.10 Å². The van der Waals surface area contributed by atoms with Crippen LogP contribution < -0.4 is 0 Å². The minimum atomic E-state index is -1.29. The van der Waals surface area contributed by atoms with E-state index in [1.165, 1.54) is 22.0 Å². The van der Waals surface area contributed by atoms with Crippen LogP contribution in [0.25, 0.3) is 11.3 Å². The normalized spacial score (nSPS) is 12.2. The largest absolute Gasteiger partial charge is 0.465 e. The Morgan fingerprint density at radius 1 is 1.30 bits per heavy atom. The van der Waals surface area contributed by atoms with Gasteiger partial charge in [-0.25, -0.2) is 9.48 Å². The molecule has 1 aromatic carbocycles. The molecular weight excluding hydrogens is 490 g/mol. The van der Waals surface area contributed by atoms with Gasteiger partial charge < -0.3 is 9.84 Å². The van der Waals surface area contributed by atoms with Crippen molar-refractivity contribution in [3.63, 3.8) is 0 Å². The van der Waals surface area contributed by atoms with Crippen molar-refractivity contribution in [3.05, 3.63) is 88.9 Å². The minimum Gasteiger partial charge on any atom is -0.465 e. The van der Waals surface area contributed by atoms with Crippen LogP contribution in [0.4, 0.5) is 10.5 Å². The highest BCUT2D eigenvalue weighted by Crippen LogP contribution is 2.33. The molecule has 0 aliphatic rings. The number of nitro groups is 1. The van der Waals surface area contributed by atoms with E-state index < -0.39 is 25.1 Å². The van der Waals surface area contributed by atoms with Crippen molar-refractivity contribution < 1.29 is 19.6 Å². The molecule has 196 valence electrons. The van der Waals surface area contributed by atoms with E-state index in [1.54, 1.807) is 18.2 Å². The molecule has 0 bridgehead atoms. The molecule has 0 spiro atoms. The number of aromatic nitrogens is 3. The molecule has 0 radical (unpaired) electrons. The molecule has 11 heteroatoms. The quantitative estimate of drug-likeness (QED) is 0.0963. The molecule has 1 amide bonds. The third kappa shape index (κ3) is 7.57. The van der Waals surface area contributed by atoms with Crippen LogP contribution >= 0.6 is 0 Å². The number of hydrogen-bond donors (Lipinski definition) is 1. The second kappa shape index (κ2) is 12.4. The molecule has 1 atom stereocenters. The van der Waals surface area contributed by atoms with Crippen molar-refractivity contribution >= 4 is 19.9 Å². The SMILES string of the molecule is C=CCC(c1cc(-c2c([N+](=O)[O-])cnn2COCC[Si](C)(C)C)ccn1)N(Cc1ccccc1)C(=O)O. The highest BCUT2D eigenvalue weighted by molar-refractivity contribution is 6.76. The highest BCUT2D eigenvalue weighted by Gasteiger charge is 2.28. The summed E-state index contributed by atoms with van der Waals surface area (Å²) in [5.41, 5.74) is 1.91. The summed E-state index contributed by atoms with van der Waals surface area (Å²) in [6.07, 6.45) is 3.58. The molecule has 2 aromatic heterocycles. The molecule has 0 saturated heterocycles. The molecular formula is C26H33N5O5Si. The van der Waals surface area contributed by atoms with Crippen molar-refractivity contribution in [2.45, 2.75) is 51.4 Å². The lowest BCUT2D eigenvalue weighted by Crippen LogP contribution is -2.33. The molecule has 0 saturated carbocycles. The van der Waals surface area contributed by atoms with Crippen molar-refractivity contribution in [3.8, 4) is 11.3 Å². The third-order valence-electron chi connectivity index (χ3n) is 5.83. The second-order valence-corrected chi connectivity index (χ2v) is 15.5. The number of carboxylic acid groups (broad SMARTS) is 1. The zero-order valence-corrected chi connectivity index (χ0v) is 22.4. The van der Waals surface area contributed by atoms with Gasteiger partial charge in [-0.05, 0) is 30.2 Å². The van der Waals surface area contributed by atoms with E-state index in [0.717, 1.165) is 11.6 Å². The number of hydrogen-bond acceptors (Lipinski definition) is 6. The zero-order chi connectivity index (χ0) is 27.0. The fourth-order valence-corrected chi connectivity index (χ4v) is 4.62. The summed E-state index contributed by atoms with van der Waals surface area (Å²) in [6, 6.07) is 12.9. The van der Waals surface area contributed by atoms with Gasteiger partial charge in [-0.3, -0.25) is 20.0 Å². The molecule has 0 fully saturated rings. The number of pyridine rings is 1. The lowest BCUT2D eigenvalue weighted by Gasteiger charge is -2.28. The maximum atomic E-state index is 12.3. The lowest BCUT2D eigenvalue weighted by atomic mass is 10.0. The van der Waals surface area contributed by atoms with Gasteiger partial charge in [0.25, 0.3) is 0 Å². The summed E-state index contributed by atoms with van der Waals surface area (Å²) < 4.78 is 7.26. The molecule has 3 rings (SSSR count). The summed E-state index contributed by atoms with van der Waals surface area (Å²) in [5.74, 6) is 0. The first-order chi connectivity index (χ1) is 17.6. The average Bonchev–Trinajstić information content (AvgIpc) is 3.28. The smallest absolute Gasteiger partial charge is 0.408 e. The fourth-order valence-electron chi connectivity index (χ4n) is 3.87. The fraction of sp³-hybridized carbons (Fsp3) is 0.346. The molecule has 1 unspecified atom stereocenters. The van der Waals surface area contributed by atoms with Gasteiger partial charge >= 0.3 is 11.8 Å². The molecule has 1 N–H and O–H groups in total. The van der Waals surface area contributed by atoms with E-state index in [0.29, 0.717) is 24.3 Å². The minimum absolute atomic E-state index is 0.0661. The van der Waals surface area contributed by atoms with Gasteiger partial charge in [0.15, 0.2) is 0 Å². The Morgan fingerprint density at radius 3 is 2.65 bits per heavy atom. The molecule has 37 heavy (non-hydrogen) atoms. The number of nitrogens with zero attached hydrogens (tertiary/aromatic N) is 5. The molecule has 0 aliphatic carbocycles. The van der Waals surface area contributed by atoms with Gasteiger partial charge in [0, 0.05) is 33.0 Å². The first-order valence-corrected chi connectivity index (χ1v) is 15.7. The average molecular weight is 524 g/mol. The topological polar surface area (TPSA) is 124 Å². The first kappa shape index (κ1) is 27.7. The summed E-state index contributed by atoms with van der Waals surface area (Å²) >= 11 is 0. The van der Waals surface area contributed by atoms with Crippen LogP contribution in [0.5, 0.6) is 0 Å². The van der Waals surface area contributed by atoms with E-state index >= 15 is 0 Å². The lowest BCUT2D eigenvalue weighted by molar-refractivity contribution is -0.384. The van der Waals surface area contributed by atoms with E-state index in [-0.39, 0.29) is 24.7 Å². The number of carbonyl (C=O) groups is 1. The van der Waals surface area contributed by atoms with Crippen LogP contribution in [0.1, 0.15) is 23.7 Å². The van der Waals surface area contributed by atoms with Crippen molar-refractivity contribution in [2.24, 2.45) is 0 Å². The van der Waals surface area contributed by atoms with E-state index in [9.17, 15) is 20.0 Å². The number of rotatable bonds is 13. The summed E-state index contributed by atoms with van der Waals surface area (Å²) in [6.45, 7) is 11.3. The summed E-state index contributed by atoms with van der Waals surface area (Å²) in [4.78, 5) is 29.3. The number of ether oxygens (including phenoxy) is 1. The Bertz CT molecular complexity index is 1230. The summed E-state index contributed by atoms with van der Waals surface area (Å²) in [7, 11) is -1.29. The molecule has 0 aliphatic heterocycles.